The molecule has 5 heterocycles. The molecule has 6 rings (SSSR count). The molecular formula is C30H38N8OS. The molecular weight excluding hydrogens is 520 g/mol. The van der Waals surface area contributed by atoms with Crippen LogP contribution >= 0.6 is 11.3 Å². The van der Waals surface area contributed by atoms with E-state index in [1.807, 2.05) is 23.5 Å². The summed E-state index contributed by atoms with van der Waals surface area (Å²) in [6, 6.07) is 10.3. The number of nitrogens with one attached hydrogen (secondary N) is 3. The zero-order valence-corrected chi connectivity index (χ0v) is 23.9. The normalized spacial score (nSPS) is 17.4. The molecule has 0 aliphatic carbocycles. The largest absolute Gasteiger partial charge is 0.347 e. The van der Waals surface area contributed by atoms with Gasteiger partial charge in [-0.05, 0) is 85.9 Å². The number of carbonyl (C=O) groups is 1. The maximum absolute atomic E-state index is 13.1. The lowest BCUT2D eigenvalue weighted by molar-refractivity contribution is 0.102. The van der Waals surface area contributed by atoms with Crippen LogP contribution in [0.5, 0.6) is 0 Å². The summed E-state index contributed by atoms with van der Waals surface area (Å²) < 4.78 is 0. The van der Waals surface area contributed by atoms with Gasteiger partial charge in [0.25, 0.3) is 0 Å². The van der Waals surface area contributed by atoms with Crippen LogP contribution in [0.15, 0.2) is 60.5 Å². The molecule has 9 nitrogen and oxygen atoms in total. The number of aromatic nitrogens is 4. The molecule has 2 aliphatic heterocycles. The van der Waals surface area contributed by atoms with E-state index >= 15 is 0 Å². The first-order valence-corrected chi connectivity index (χ1v) is 15.0. The highest BCUT2D eigenvalue weighted by Crippen LogP contribution is 2.41. The molecule has 2 fully saturated rings. The highest BCUT2D eigenvalue weighted by atomic mass is 32.1. The third kappa shape index (κ3) is 6.46. The highest BCUT2D eigenvalue weighted by molar-refractivity contribution is 7.10. The van der Waals surface area contributed by atoms with E-state index < -0.39 is 0 Å². The average molecular weight is 559 g/mol. The lowest BCUT2D eigenvalue weighted by Gasteiger charge is -2.39. The second-order valence-corrected chi connectivity index (χ2v) is 12.3. The van der Waals surface area contributed by atoms with Crippen LogP contribution in [0, 0.1) is 12.3 Å². The van der Waals surface area contributed by atoms with Gasteiger partial charge in [0.1, 0.15) is 11.6 Å². The number of H-pyrrole nitrogens is 2. The van der Waals surface area contributed by atoms with Crippen molar-refractivity contribution in [3.8, 4) is 0 Å². The number of hydrogen-bond donors (Lipinski definition) is 3. The Morgan fingerprint density at radius 3 is 2.17 bits per heavy atom. The molecule has 0 unspecified atom stereocenters. The summed E-state index contributed by atoms with van der Waals surface area (Å²) in [5, 5.41) is 5.26. The van der Waals surface area contributed by atoms with E-state index in [0.29, 0.717) is 18.5 Å². The van der Waals surface area contributed by atoms with Gasteiger partial charge in [-0.2, -0.15) is 0 Å². The average Bonchev–Trinajstić information content (AvgIpc) is 3.78. The molecule has 0 atom stereocenters. The van der Waals surface area contributed by atoms with Crippen molar-refractivity contribution in [3.05, 3.63) is 88.2 Å². The molecule has 2 amide bonds. The lowest BCUT2D eigenvalue weighted by Crippen LogP contribution is -2.41. The number of thiophene rings is 1. The van der Waals surface area contributed by atoms with Crippen LogP contribution in [0.25, 0.3) is 0 Å². The number of piperidine rings is 1. The number of aryl methyl sites for hydroxylation is 1. The number of nitrogens with zero attached hydrogens (tertiary/aromatic N) is 5. The van der Waals surface area contributed by atoms with Gasteiger partial charge in [0.2, 0.25) is 0 Å². The summed E-state index contributed by atoms with van der Waals surface area (Å²) in [6.45, 7) is 9.77. The summed E-state index contributed by atoms with van der Waals surface area (Å²) >= 11 is 1.89. The Labute approximate surface area is 239 Å². The topological polar surface area (TPSA) is 96.2 Å². The molecule has 0 radical (unpaired) electrons. The molecule has 3 aromatic heterocycles. The Morgan fingerprint density at radius 1 is 0.950 bits per heavy atom. The SMILES string of the molecule is Cc1ccsc1CN1CCC2(CC1)CCN(Cc1ccc(NC(=O)N(Cc3ncc[nH]3)Cc3ncc[nH]3)cc1)C2. The summed E-state index contributed by atoms with van der Waals surface area (Å²) in [7, 11) is 0. The summed E-state index contributed by atoms with van der Waals surface area (Å²) in [6.07, 6.45) is 10.8. The van der Waals surface area contributed by atoms with E-state index in [-0.39, 0.29) is 6.03 Å². The number of rotatable bonds is 9. The van der Waals surface area contributed by atoms with Gasteiger partial charge in [-0.15, -0.1) is 11.3 Å². The Balaban J connectivity index is 0.997. The van der Waals surface area contributed by atoms with Crippen LogP contribution in [0.1, 0.15) is 46.9 Å². The van der Waals surface area contributed by atoms with E-state index in [1.54, 1.807) is 29.7 Å². The first kappa shape index (κ1) is 26.7. The van der Waals surface area contributed by atoms with Crippen molar-refractivity contribution in [1.29, 1.82) is 0 Å². The molecule has 2 saturated heterocycles. The number of urea groups is 1. The Hall–Kier alpha value is -3.47. The minimum absolute atomic E-state index is 0.192. The number of benzene rings is 1. The number of aromatic amines is 2. The molecule has 10 heteroatoms. The molecule has 1 aromatic carbocycles. The molecule has 40 heavy (non-hydrogen) atoms. The van der Waals surface area contributed by atoms with Crippen molar-refractivity contribution in [3.63, 3.8) is 0 Å². The van der Waals surface area contributed by atoms with Crippen molar-refractivity contribution in [2.45, 2.75) is 52.4 Å². The van der Waals surface area contributed by atoms with Gasteiger partial charge >= 0.3 is 6.03 Å². The monoisotopic (exact) mass is 558 g/mol. The summed E-state index contributed by atoms with van der Waals surface area (Å²) in [5.74, 6) is 1.45. The van der Waals surface area contributed by atoms with Crippen molar-refractivity contribution in [1.82, 2.24) is 34.6 Å². The van der Waals surface area contributed by atoms with E-state index in [9.17, 15) is 4.79 Å². The van der Waals surface area contributed by atoms with Gasteiger partial charge in [0.15, 0.2) is 0 Å². The number of hydrogen-bond acceptors (Lipinski definition) is 6. The minimum Gasteiger partial charge on any atom is -0.347 e. The van der Waals surface area contributed by atoms with Crippen molar-refractivity contribution in [2.24, 2.45) is 5.41 Å². The van der Waals surface area contributed by atoms with Crippen LogP contribution in [-0.2, 0) is 26.2 Å². The summed E-state index contributed by atoms with van der Waals surface area (Å²) in [4.78, 5) is 36.3. The third-order valence-corrected chi connectivity index (χ3v) is 9.47. The fourth-order valence-corrected chi connectivity index (χ4v) is 6.96. The minimum atomic E-state index is -0.192. The van der Waals surface area contributed by atoms with E-state index in [1.165, 1.54) is 54.9 Å². The quantitative estimate of drug-likeness (QED) is 0.262. The van der Waals surface area contributed by atoms with Crippen LogP contribution in [0.2, 0.25) is 0 Å². The van der Waals surface area contributed by atoms with Crippen molar-refractivity contribution < 1.29 is 4.79 Å². The smallest absolute Gasteiger partial charge is 0.322 e. The van der Waals surface area contributed by atoms with Gasteiger partial charge < -0.3 is 20.2 Å². The molecule has 0 bridgehead atoms. The molecule has 4 aromatic rings. The zero-order valence-electron chi connectivity index (χ0n) is 23.1. The fraction of sp³-hybridized carbons (Fsp3) is 0.433. The van der Waals surface area contributed by atoms with Crippen molar-refractivity contribution in [2.75, 3.05) is 31.5 Å². The number of likely N-dealkylation sites (tertiary alicyclic amines) is 2. The first-order chi connectivity index (χ1) is 19.5. The van der Waals surface area contributed by atoms with Gasteiger partial charge in [0.05, 0.1) is 13.1 Å². The molecule has 210 valence electrons. The molecule has 3 N–H and O–H groups in total. The van der Waals surface area contributed by atoms with Crippen LogP contribution in [0.4, 0.5) is 10.5 Å². The maximum atomic E-state index is 13.1. The Bertz CT molecular complexity index is 1320. The van der Waals surface area contributed by atoms with Gasteiger partial charge in [-0.25, -0.2) is 14.8 Å². The predicted molar refractivity (Wildman–Crippen MR) is 158 cm³/mol. The third-order valence-electron chi connectivity index (χ3n) is 8.46. The molecule has 1 spiro atoms. The van der Waals surface area contributed by atoms with Gasteiger partial charge in [-0.3, -0.25) is 9.80 Å². The molecule has 0 saturated carbocycles. The lowest BCUT2D eigenvalue weighted by atomic mass is 9.78. The number of imidazole rings is 2. The Kier molecular flexibility index (Phi) is 7.99. The number of anilines is 1. The van der Waals surface area contributed by atoms with Crippen LogP contribution in [0.3, 0.4) is 0 Å². The molecule has 2 aliphatic rings. The second-order valence-electron chi connectivity index (χ2n) is 11.3. The number of carbonyl (C=O) groups excluding carboxylic acids is 1. The van der Waals surface area contributed by atoms with Crippen LogP contribution < -0.4 is 5.32 Å². The van der Waals surface area contributed by atoms with Crippen molar-refractivity contribution >= 4 is 23.1 Å². The van der Waals surface area contributed by atoms with Gasteiger partial charge in [0, 0.05) is 55.0 Å². The Morgan fingerprint density at radius 2 is 1.60 bits per heavy atom. The maximum Gasteiger partial charge on any atom is 0.322 e. The van der Waals surface area contributed by atoms with E-state index in [0.717, 1.165) is 37.0 Å². The van der Waals surface area contributed by atoms with Gasteiger partial charge in [-0.1, -0.05) is 12.1 Å². The predicted octanol–water partition coefficient (Wildman–Crippen LogP) is 5.23. The first-order valence-electron chi connectivity index (χ1n) is 14.1. The fourth-order valence-electron chi connectivity index (χ4n) is 6.01. The van der Waals surface area contributed by atoms with Crippen LogP contribution in [-0.4, -0.2) is 66.8 Å². The summed E-state index contributed by atoms with van der Waals surface area (Å²) in [5.41, 5.74) is 3.97. The standard InChI is InChI=1S/C30H38N8OS/c1-23-6-17-40-26(23)19-36-14-7-30(8-15-36)9-16-37(22-30)18-24-2-4-25(5-3-24)35-29(39)38(20-27-31-10-11-32-27)21-28-33-12-13-34-28/h2-6,10-13,17H,7-9,14-16,18-22H2,1H3,(H,31,32)(H,33,34)(H,35,39). The highest BCUT2D eigenvalue weighted by Gasteiger charge is 2.40. The van der Waals surface area contributed by atoms with E-state index in [4.69, 9.17) is 0 Å². The van der Waals surface area contributed by atoms with E-state index in [2.05, 4.69) is 65.6 Å². The number of amides is 2. The second kappa shape index (κ2) is 12.0. The zero-order chi connectivity index (χ0) is 27.4.